The number of nitrogens with one attached hydrogen (secondary N) is 1. The van der Waals surface area contributed by atoms with Gasteiger partial charge in [-0.2, -0.15) is 0 Å². The average Bonchev–Trinajstić information content (AvgIpc) is 2.39. The molecule has 0 unspecified atom stereocenters. The standard InChI is InChI=1S/C14H19ClN2O3S/c1-10-5-7-17(8-6-10)14(18)12-9-11(3-4-13(12)15)16-21(2,19)20/h3-4,9-10,16H,5-8H2,1-2H3. The zero-order valence-corrected chi connectivity index (χ0v) is 13.7. The molecule has 1 heterocycles. The highest BCUT2D eigenvalue weighted by Gasteiger charge is 2.23. The van der Waals surface area contributed by atoms with Gasteiger partial charge in [0.2, 0.25) is 10.0 Å². The monoisotopic (exact) mass is 330 g/mol. The van der Waals surface area contributed by atoms with Crippen LogP contribution in [0, 0.1) is 5.92 Å². The molecule has 7 heteroatoms. The molecule has 1 fully saturated rings. The van der Waals surface area contributed by atoms with E-state index in [1.165, 1.54) is 12.1 Å². The fourth-order valence-corrected chi connectivity index (χ4v) is 3.10. The molecule has 2 rings (SSSR count). The molecular weight excluding hydrogens is 312 g/mol. The Labute approximate surface area is 130 Å². The maximum Gasteiger partial charge on any atom is 0.255 e. The van der Waals surface area contributed by atoms with E-state index in [2.05, 4.69) is 11.6 Å². The van der Waals surface area contributed by atoms with Crippen molar-refractivity contribution in [3.8, 4) is 0 Å². The summed E-state index contributed by atoms with van der Waals surface area (Å²) in [7, 11) is -3.38. The first kappa shape index (κ1) is 16.1. The second-order valence-corrected chi connectivity index (χ2v) is 7.70. The molecule has 0 bridgehead atoms. The van der Waals surface area contributed by atoms with Crippen molar-refractivity contribution in [3.05, 3.63) is 28.8 Å². The summed E-state index contributed by atoms with van der Waals surface area (Å²) >= 11 is 6.09. The third-order valence-corrected chi connectivity index (χ3v) is 4.51. The summed E-state index contributed by atoms with van der Waals surface area (Å²) in [6.45, 7) is 3.59. The summed E-state index contributed by atoms with van der Waals surface area (Å²) in [4.78, 5) is 14.3. The number of benzene rings is 1. The van der Waals surface area contributed by atoms with Gasteiger partial charge in [0.25, 0.3) is 5.91 Å². The topological polar surface area (TPSA) is 66.5 Å². The summed E-state index contributed by atoms with van der Waals surface area (Å²) in [6, 6.07) is 4.57. The van der Waals surface area contributed by atoms with Crippen LogP contribution in [0.25, 0.3) is 0 Å². The lowest BCUT2D eigenvalue weighted by Crippen LogP contribution is -2.38. The minimum Gasteiger partial charge on any atom is -0.339 e. The Kier molecular flexibility index (Phi) is 4.78. The zero-order chi connectivity index (χ0) is 15.6. The second-order valence-electron chi connectivity index (χ2n) is 5.54. The van der Waals surface area contributed by atoms with Gasteiger partial charge in [-0.3, -0.25) is 9.52 Å². The van der Waals surface area contributed by atoms with Gasteiger partial charge in [0.1, 0.15) is 0 Å². The van der Waals surface area contributed by atoms with E-state index in [9.17, 15) is 13.2 Å². The van der Waals surface area contributed by atoms with Crippen LogP contribution in [0.15, 0.2) is 18.2 Å². The molecule has 0 saturated carbocycles. The van der Waals surface area contributed by atoms with E-state index >= 15 is 0 Å². The normalized spacial score (nSPS) is 16.8. The molecule has 1 saturated heterocycles. The van der Waals surface area contributed by atoms with Gasteiger partial charge in [-0.1, -0.05) is 18.5 Å². The van der Waals surface area contributed by atoms with Gasteiger partial charge in [-0.05, 0) is 37.0 Å². The van der Waals surface area contributed by atoms with Crippen molar-refractivity contribution < 1.29 is 13.2 Å². The van der Waals surface area contributed by atoms with Crippen molar-refractivity contribution in [3.63, 3.8) is 0 Å². The van der Waals surface area contributed by atoms with Crippen LogP contribution in [-0.2, 0) is 10.0 Å². The molecular formula is C14H19ClN2O3S. The van der Waals surface area contributed by atoms with Gasteiger partial charge in [-0.25, -0.2) is 8.42 Å². The lowest BCUT2D eigenvalue weighted by atomic mass is 9.98. The van der Waals surface area contributed by atoms with Crippen LogP contribution in [0.2, 0.25) is 5.02 Å². The number of hydrogen-bond donors (Lipinski definition) is 1. The number of halogens is 1. The van der Waals surface area contributed by atoms with Gasteiger partial charge in [0.05, 0.1) is 16.8 Å². The molecule has 1 aromatic carbocycles. The Morgan fingerprint density at radius 2 is 1.95 bits per heavy atom. The number of carbonyl (C=O) groups excluding carboxylic acids is 1. The molecule has 0 atom stereocenters. The molecule has 0 spiro atoms. The first-order valence-electron chi connectivity index (χ1n) is 6.83. The lowest BCUT2D eigenvalue weighted by molar-refractivity contribution is 0.0697. The number of anilines is 1. The Balaban J connectivity index is 2.22. The average molecular weight is 331 g/mol. The number of piperidine rings is 1. The van der Waals surface area contributed by atoms with Crippen molar-refractivity contribution >= 4 is 33.2 Å². The number of likely N-dealkylation sites (tertiary alicyclic amines) is 1. The van der Waals surface area contributed by atoms with Crippen molar-refractivity contribution in [1.29, 1.82) is 0 Å². The fourth-order valence-electron chi connectivity index (χ4n) is 2.35. The Morgan fingerprint density at radius 3 is 2.52 bits per heavy atom. The summed E-state index contributed by atoms with van der Waals surface area (Å²) < 4.78 is 24.9. The van der Waals surface area contributed by atoms with Crippen LogP contribution in [0.4, 0.5) is 5.69 Å². The summed E-state index contributed by atoms with van der Waals surface area (Å²) in [5.41, 5.74) is 0.676. The quantitative estimate of drug-likeness (QED) is 0.926. The SMILES string of the molecule is CC1CCN(C(=O)c2cc(NS(C)(=O)=O)ccc2Cl)CC1. The van der Waals surface area contributed by atoms with Gasteiger partial charge >= 0.3 is 0 Å². The molecule has 0 aromatic heterocycles. The Morgan fingerprint density at radius 1 is 1.33 bits per heavy atom. The number of nitrogens with zero attached hydrogens (tertiary/aromatic N) is 1. The molecule has 1 aliphatic heterocycles. The van der Waals surface area contributed by atoms with Gasteiger partial charge in [0, 0.05) is 18.8 Å². The van der Waals surface area contributed by atoms with Gasteiger partial charge in [-0.15, -0.1) is 0 Å². The van der Waals surface area contributed by atoms with Crippen molar-refractivity contribution in [2.45, 2.75) is 19.8 Å². The fraction of sp³-hybridized carbons (Fsp3) is 0.500. The van der Waals surface area contributed by atoms with Crippen LogP contribution in [0.3, 0.4) is 0 Å². The molecule has 5 nitrogen and oxygen atoms in total. The Bertz CT molecular complexity index is 638. The van der Waals surface area contributed by atoms with E-state index in [1.54, 1.807) is 11.0 Å². The number of rotatable bonds is 3. The van der Waals surface area contributed by atoms with Crippen LogP contribution in [-0.4, -0.2) is 38.6 Å². The van der Waals surface area contributed by atoms with Crippen LogP contribution in [0.1, 0.15) is 30.1 Å². The van der Waals surface area contributed by atoms with Crippen molar-refractivity contribution in [1.82, 2.24) is 4.90 Å². The highest BCUT2D eigenvalue weighted by Crippen LogP contribution is 2.25. The molecule has 1 N–H and O–H groups in total. The molecule has 116 valence electrons. The second kappa shape index (κ2) is 6.23. The predicted molar refractivity (Wildman–Crippen MR) is 84.2 cm³/mol. The summed E-state index contributed by atoms with van der Waals surface area (Å²) in [5.74, 6) is 0.479. The largest absolute Gasteiger partial charge is 0.339 e. The molecule has 0 radical (unpaired) electrons. The van der Waals surface area contributed by atoms with E-state index in [4.69, 9.17) is 11.6 Å². The van der Waals surface area contributed by atoms with E-state index in [0.717, 1.165) is 19.1 Å². The van der Waals surface area contributed by atoms with E-state index in [0.29, 0.717) is 35.3 Å². The van der Waals surface area contributed by atoms with E-state index in [-0.39, 0.29) is 5.91 Å². The lowest BCUT2D eigenvalue weighted by Gasteiger charge is -2.30. The molecule has 0 aliphatic carbocycles. The maximum absolute atomic E-state index is 12.5. The minimum absolute atomic E-state index is 0.149. The first-order valence-corrected chi connectivity index (χ1v) is 9.10. The maximum atomic E-state index is 12.5. The number of carbonyl (C=O) groups is 1. The molecule has 1 aromatic rings. The smallest absolute Gasteiger partial charge is 0.255 e. The first-order chi connectivity index (χ1) is 9.76. The highest BCUT2D eigenvalue weighted by atomic mass is 35.5. The van der Waals surface area contributed by atoms with Crippen LogP contribution in [0.5, 0.6) is 0 Å². The third kappa shape index (κ3) is 4.35. The van der Waals surface area contributed by atoms with E-state index in [1.807, 2.05) is 0 Å². The third-order valence-electron chi connectivity index (χ3n) is 3.57. The van der Waals surface area contributed by atoms with Gasteiger partial charge in [0.15, 0.2) is 0 Å². The predicted octanol–water partition coefficient (Wildman–Crippen LogP) is 2.58. The highest BCUT2D eigenvalue weighted by molar-refractivity contribution is 7.92. The Hall–Kier alpha value is -1.27. The van der Waals surface area contributed by atoms with Crippen LogP contribution < -0.4 is 4.72 Å². The number of amides is 1. The summed E-state index contributed by atoms with van der Waals surface area (Å²) in [5, 5.41) is 0.331. The van der Waals surface area contributed by atoms with Crippen molar-refractivity contribution in [2.75, 3.05) is 24.1 Å². The minimum atomic E-state index is -3.38. The molecule has 21 heavy (non-hydrogen) atoms. The number of hydrogen-bond acceptors (Lipinski definition) is 3. The number of sulfonamides is 1. The van der Waals surface area contributed by atoms with Gasteiger partial charge < -0.3 is 4.90 Å². The van der Waals surface area contributed by atoms with Crippen molar-refractivity contribution in [2.24, 2.45) is 5.92 Å². The van der Waals surface area contributed by atoms with Crippen LogP contribution >= 0.6 is 11.6 Å². The zero-order valence-electron chi connectivity index (χ0n) is 12.1. The van der Waals surface area contributed by atoms with E-state index < -0.39 is 10.0 Å². The summed E-state index contributed by atoms with van der Waals surface area (Å²) in [6.07, 6.45) is 3.02. The molecule has 1 aliphatic rings. The molecule has 1 amide bonds.